The molecule has 0 spiro atoms. The maximum Gasteiger partial charge on any atom is 0.253 e. The predicted molar refractivity (Wildman–Crippen MR) is 79.3 cm³/mol. The lowest BCUT2D eigenvalue weighted by molar-refractivity contribution is 0.0702. The number of hydrogen-bond donors (Lipinski definition) is 1. The summed E-state index contributed by atoms with van der Waals surface area (Å²) < 4.78 is 13.8. The molecule has 0 radical (unpaired) electrons. The molecule has 1 heterocycles. The Bertz CT molecular complexity index is 452. The standard InChI is InChI=1S/C13H16BrFN2O.ClH/c1-17(10-4-6-16-7-5-10)13(18)9-2-3-11(14)12(15)8-9;/h2-3,8,10,16H,4-7H2,1H3;1H. The van der Waals surface area contributed by atoms with Crippen molar-refractivity contribution in [1.82, 2.24) is 10.2 Å². The highest BCUT2D eigenvalue weighted by Gasteiger charge is 2.23. The van der Waals surface area contributed by atoms with Crippen molar-refractivity contribution in [3.05, 3.63) is 34.1 Å². The van der Waals surface area contributed by atoms with Crippen LogP contribution in [0.1, 0.15) is 23.2 Å². The Balaban J connectivity index is 0.00000180. The van der Waals surface area contributed by atoms with Gasteiger partial charge in [0, 0.05) is 18.7 Å². The summed E-state index contributed by atoms with van der Waals surface area (Å²) >= 11 is 3.08. The molecule has 1 aromatic rings. The van der Waals surface area contributed by atoms with E-state index in [-0.39, 0.29) is 24.4 Å². The van der Waals surface area contributed by atoms with Crippen molar-refractivity contribution in [2.75, 3.05) is 20.1 Å². The SMILES string of the molecule is CN(C(=O)c1ccc(Br)c(F)c1)C1CCNCC1.Cl. The van der Waals surface area contributed by atoms with E-state index in [4.69, 9.17) is 0 Å². The van der Waals surface area contributed by atoms with Crippen molar-refractivity contribution in [3.8, 4) is 0 Å². The lowest BCUT2D eigenvalue weighted by Crippen LogP contribution is -2.43. The van der Waals surface area contributed by atoms with Crippen molar-refractivity contribution >= 4 is 34.2 Å². The van der Waals surface area contributed by atoms with Crippen LogP contribution < -0.4 is 5.32 Å². The molecular formula is C13H17BrClFN2O. The minimum atomic E-state index is -0.403. The van der Waals surface area contributed by atoms with E-state index in [1.807, 2.05) is 0 Å². The van der Waals surface area contributed by atoms with E-state index in [2.05, 4.69) is 21.2 Å². The van der Waals surface area contributed by atoms with Crippen molar-refractivity contribution in [2.45, 2.75) is 18.9 Å². The highest BCUT2D eigenvalue weighted by Crippen LogP contribution is 2.19. The average molecular weight is 352 g/mol. The highest BCUT2D eigenvalue weighted by molar-refractivity contribution is 9.10. The van der Waals surface area contributed by atoms with Gasteiger partial charge in [0.15, 0.2) is 0 Å². The summed E-state index contributed by atoms with van der Waals surface area (Å²) in [5.41, 5.74) is 0.400. The van der Waals surface area contributed by atoms with Gasteiger partial charge in [-0.3, -0.25) is 4.79 Å². The minimum absolute atomic E-state index is 0. The van der Waals surface area contributed by atoms with Gasteiger partial charge in [0.05, 0.1) is 4.47 Å². The third-order valence-electron chi connectivity index (χ3n) is 3.34. The van der Waals surface area contributed by atoms with E-state index in [1.165, 1.54) is 6.07 Å². The van der Waals surface area contributed by atoms with E-state index in [0.717, 1.165) is 25.9 Å². The van der Waals surface area contributed by atoms with Gasteiger partial charge in [-0.15, -0.1) is 12.4 Å². The number of piperidine rings is 1. The fourth-order valence-electron chi connectivity index (χ4n) is 2.19. The number of hydrogen-bond acceptors (Lipinski definition) is 2. The van der Waals surface area contributed by atoms with Crippen molar-refractivity contribution < 1.29 is 9.18 Å². The molecule has 0 saturated carbocycles. The molecule has 0 aliphatic carbocycles. The summed E-state index contributed by atoms with van der Waals surface area (Å²) in [6.07, 6.45) is 1.89. The number of nitrogens with zero attached hydrogens (tertiary/aromatic N) is 1. The Hall–Kier alpha value is -0.650. The van der Waals surface area contributed by atoms with Crippen LogP contribution in [0.3, 0.4) is 0 Å². The summed E-state index contributed by atoms with van der Waals surface area (Å²) in [4.78, 5) is 14.0. The number of halogens is 3. The monoisotopic (exact) mass is 350 g/mol. The van der Waals surface area contributed by atoms with Crippen LogP contribution in [-0.2, 0) is 0 Å². The molecule has 0 unspecified atom stereocenters. The summed E-state index contributed by atoms with van der Waals surface area (Å²) in [5.74, 6) is -0.520. The fourth-order valence-corrected chi connectivity index (χ4v) is 2.44. The Labute approximate surface area is 127 Å². The Morgan fingerprint density at radius 2 is 2.05 bits per heavy atom. The Kier molecular flexibility index (Phi) is 6.23. The number of nitrogens with one attached hydrogen (secondary N) is 1. The Morgan fingerprint density at radius 1 is 1.42 bits per heavy atom. The van der Waals surface area contributed by atoms with Gasteiger partial charge in [0.1, 0.15) is 5.82 Å². The number of benzene rings is 1. The molecule has 3 nitrogen and oxygen atoms in total. The van der Waals surface area contributed by atoms with Crippen LogP contribution in [0, 0.1) is 5.82 Å². The maximum absolute atomic E-state index is 13.4. The van der Waals surface area contributed by atoms with Gasteiger partial charge in [0.2, 0.25) is 0 Å². The van der Waals surface area contributed by atoms with Crippen LogP contribution in [0.2, 0.25) is 0 Å². The number of rotatable bonds is 2. The van der Waals surface area contributed by atoms with Gasteiger partial charge in [-0.05, 0) is 60.1 Å². The minimum Gasteiger partial charge on any atom is -0.339 e. The maximum atomic E-state index is 13.4. The van der Waals surface area contributed by atoms with Crippen LogP contribution in [0.15, 0.2) is 22.7 Å². The second kappa shape index (κ2) is 7.22. The predicted octanol–water partition coefficient (Wildman–Crippen LogP) is 2.83. The van der Waals surface area contributed by atoms with Crippen molar-refractivity contribution in [1.29, 1.82) is 0 Å². The molecule has 2 rings (SSSR count). The molecule has 6 heteroatoms. The number of amides is 1. The number of carbonyl (C=O) groups excluding carboxylic acids is 1. The third kappa shape index (κ3) is 3.91. The quantitative estimate of drug-likeness (QED) is 0.888. The van der Waals surface area contributed by atoms with E-state index in [9.17, 15) is 9.18 Å². The first-order valence-corrected chi connectivity index (χ1v) is 6.82. The molecular weight excluding hydrogens is 335 g/mol. The van der Waals surface area contributed by atoms with Crippen molar-refractivity contribution in [2.24, 2.45) is 0 Å². The topological polar surface area (TPSA) is 32.3 Å². The molecule has 1 fully saturated rings. The van der Waals surface area contributed by atoms with Gasteiger partial charge in [-0.1, -0.05) is 0 Å². The zero-order valence-electron chi connectivity index (χ0n) is 10.7. The summed E-state index contributed by atoms with van der Waals surface area (Å²) in [5, 5.41) is 3.26. The first-order valence-electron chi connectivity index (χ1n) is 6.02. The van der Waals surface area contributed by atoms with Gasteiger partial charge >= 0.3 is 0 Å². The normalized spacial score (nSPS) is 15.7. The van der Waals surface area contributed by atoms with Crippen LogP contribution >= 0.6 is 28.3 Å². The lowest BCUT2D eigenvalue weighted by atomic mass is 10.0. The molecule has 1 N–H and O–H groups in total. The van der Waals surface area contributed by atoms with E-state index < -0.39 is 5.82 Å². The first kappa shape index (κ1) is 16.4. The molecule has 1 amide bonds. The van der Waals surface area contributed by atoms with E-state index in [0.29, 0.717) is 10.0 Å². The van der Waals surface area contributed by atoms with Crippen LogP contribution in [0.25, 0.3) is 0 Å². The molecule has 1 aliphatic heterocycles. The summed E-state index contributed by atoms with van der Waals surface area (Å²) in [7, 11) is 1.79. The van der Waals surface area contributed by atoms with Gasteiger partial charge in [0.25, 0.3) is 5.91 Å². The third-order valence-corrected chi connectivity index (χ3v) is 3.99. The zero-order chi connectivity index (χ0) is 13.1. The molecule has 0 atom stereocenters. The lowest BCUT2D eigenvalue weighted by Gasteiger charge is -2.31. The molecule has 1 saturated heterocycles. The highest BCUT2D eigenvalue weighted by atomic mass is 79.9. The number of carbonyl (C=O) groups is 1. The van der Waals surface area contributed by atoms with Crippen LogP contribution in [0.4, 0.5) is 4.39 Å². The second-order valence-corrected chi connectivity index (χ2v) is 5.38. The summed E-state index contributed by atoms with van der Waals surface area (Å²) in [6.45, 7) is 1.86. The van der Waals surface area contributed by atoms with Crippen LogP contribution in [0.5, 0.6) is 0 Å². The zero-order valence-corrected chi connectivity index (χ0v) is 13.1. The molecule has 0 aromatic heterocycles. The second-order valence-electron chi connectivity index (χ2n) is 4.53. The molecule has 19 heavy (non-hydrogen) atoms. The molecule has 1 aromatic carbocycles. The first-order chi connectivity index (χ1) is 8.59. The van der Waals surface area contributed by atoms with Crippen molar-refractivity contribution in [3.63, 3.8) is 0 Å². The largest absolute Gasteiger partial charge is 0.339 e. The summed E-state index contributed by atoms with van der Waals surface area (Å²) in [6, 6.07) is 4.74. The molecule has 0 bridgehead atoms. The van der Waals surface area contributed by atoms with Crippen LogP contribution in [-0.4, -0.2) is 37.0 Å². The fraction of sp³-hybridized carbons (Fsp3) is 0.462. The van der Waals surface area contributed by atoms with Gasteiger partial charge < -0.3 is 10.2 Å². The Morgan fingerprint density at radius 3 is 2.63 bits per heavy atom. The van der Waals surface area contributed by atoms with Gasteiger partial charge in [-0.2, -0.15) is 0 Å². The van der Waals surface area contributed by atoms with E-state index in [1.54, 1.807) is 24.1 Å². The molecule has 1 aliphatic rings. The average Bonchev–Trinajstić information content (AvgIpc) is 2.41. The van der Waals surface area contributed by atoms with Gasteiger partial charge in [-0.25, -0.2) is 4.39 Å². The van der Waals surface area contributed by atoms with E-state index >= 15 is 0 Å². The smallest absolute Gasteiger partial charge is 0.253 e. The molecule has 106 valence electrons.